The van der Waals surface area contributed by atoms with Crippen LogP contribution in [0.4, 0.5) is 0 Å². The number of thioether (sulfide) groups is 1. The molecule has 0 aliphatic rings. The van der Waals surface area contributed by atoms with Crippen LogP contribution in [-0.2, 0) is 9.84 Å². The molecule has 33 heavy (non-hydrogen) atoms. The van der Waals surface area contributed by atoms with Crippen molar-refractivity contribution in [2.24, 2.45) is 0 Å². The van der Waals surface area contributed by atoms with E-state index in [0.717, 1.165) is 27.6 Å². The number of nitrogens with zero attached hydrogens (tertiary/aromatic N) is 2. The summed E-state index contributed by atoms with van der Waals surface area (Å²) in [5.74, 6) is -0.0883. The third-order valence-corrected chi connectivity index (χ3v) is 8.44. The topological polar surface area (TPSA) is 91.1 Å². The van der Waals surface area contributed by atoms with E-state index in [1.807, 2.05) is 67.6 Å². The number of aromatic nitrogens is 1. The predicted octanol–water partition coefficient (Wildman–Crippen LogP) is 5.72. The number of benzene rings is 2. The smallest absolute Gasteiger partial charge is 0.152 e. The van der Waals surface area contributed by atoms with Crippen LogP contribution in [-0.4, -0.2) is 41.9 Å². The van der Waals surface area contributed by atoms with Gasteiger partial charge < -0.3 is 5.11 Å². The van der Waals surface area contributed by atoms with Gasteiger partial charge in [-0.15, -0.1) is 11.8 Å². The maximum atomic E-state index is 12.2. The Bertz CT molecular complexity index is 1230. The molecule has 3 rings (SSSR count). The van der Waals surface area contributed by atoms with Crippen molar-refractivity contribution < 1.29 is 13.5 Å². The molecule has 0 aliphatic heterocycles. The quantitative estimate of drug-likeness (QED) is 0.328. The first kappa shape index (κ1) is 25.4. The van der Waals surface area contributed by atoms with Gasteiger partial charge in [-0.05, 0) is 30.2 Å². The summed E-state index contributed by atoms with van der Waals surface area (Å²) in [7, 11) is -3.32. The Balaban J connectivity index is 1.95. The minimum Gasteiger partial charge on any atom is -0.391 e. The minimum absolute atomic E-state index is 0.0735. The summed E-state index contributed by atoms with van der Waals surface area (Å²) in [4.78, 5) is 4.71. The number of aliphatic hydroxyl groups is 1. The van der Waals surface area contributed by atoms with E-state index in [4.69, 9.17) is 4.98 Å². The van der Waals surface area contributed by atoms with Crippen molar-refractivity contribution in [1.29, 1.82) is 5.26 Å². The van der Waals surface area contributed by atoms with Crippen molar-refractivity contribution in [3.63, 3.8) is 0 Å². The van der Waals surface area contributed by atoms with Crippen LogP contribution in [0.5, 0.6) is 0 Å². The van der Waals surface area contributed by atoms with Crippen LogP contribution in [0.3, 0.4) is 0 Å². The fourth-order valence-electron chi connectivity index (χ4n) is 3.31. The number of rotatable bonds is 10. The molecule has 172 valence electrons. The minimum atomic E-state index is -3.32. The van der Waals surface area contributed by atoms with Gasteiger partial charge in [0.1, 0.15) is 11.1 Å². The summed E-state index contributed by atoms with van der Waals surface area (Å²) in [5.41, 5.74) is 3.64. The normalized spacial score (nSPS) is 12.3. The lowest BCUT2D eigenvalue weighted by atomic mass is 9.99. The van der Waals surface area contributed by atoms with E-state index in [1.54, 1.807) is 0 Å². The second-order valence-electron chi connectivity index (χ2n) is 7.65. The van der Waals surface area contributed by atoms with E-state index >= 15 is 0 Å². The number of halogens is 1. The number of aliphatic hydroxyl groups excluding tert-OH is 1. The van der Waals surface area contributed by atoms with E-state index in [2.05, 4.69) is 22.0 Å². The van der Waals surface area contributed by atoms with Crippen molar-refractivity contribution in [1.82, 2.24) is 4.98 Å². The molecule has 0 bridgehead atoms. The number of hydrogen-bond acceptors (Lipinski definition) is 6. The third kappa shape index (κ3) is 7.15. The molecule has 2 aromatic carbocycles. The molecule has 0 radical (unpaired) electrons. The van der Waals surface area contributed by atoms with Gasteiger partial charge in [-0.3, -0.25) is 0 Å². The summed E-state index contributed by atoms with van der Waals surface area (Å²) in [5, 5.41) is 20.8. The molecule has 0 spiro atoms. The summed E-state index contributed by atoms with van der Waals surface area (Å²) in [6.07, 6.45) is 0.324. The third-order valence-electron chi connectivity index (χ3n) is 4.99. The van der Waals surface area contributed by atoms with Crippen molar-refractivity contribution in [2.45, 2.75) is 30.9 Å². The van der Waals surface area contributed by atoms with E-state index in [1.165, 1.54) is 11.8 Å². The van der Waals surface area contributed by atoms with Crippen molar-refractivity contribution >= 4 is 37.5 Å². The Kier molecular flexibility index (Phi) is 9.10. The maximum Gasteiger partial charge on any atom is 0.152 e. The largest absolute Gasteiger partial charge is 0.391 e. The van der Waals surface area contributed by atoms with Crippen molar-refractivity contribution in [3.8, 4) is 28.5 Å². The monoisotopic (exact) mass is 544 g/mol. The van der Waals surface area contributed by atoms with Crippen LogP contribution in [0.1, 0.15) is 25.3 Å². The van der Waals surface area contributed by atoms with Gasteiger partial charge in [0.2, 0.25) is 0 Å². The average Bonchev–Trinajstić information content (AvgIpc) is 2.81. The summed E-state index contributed by atoms with van der Waals surface area (Å²) in [6.45, 7) is 1.93. The van der Waals surface area contributed by atoms with E-state index in [9.17, 15) is 18.8 Å². The highest BCUT2D eigenvalue weighted by Gasteiger charge is 2.20. The van der Waals surface area contributed by atoms with E-state index < -0.39 is 15.9 Å². The van der Waals surface area contributed by atoms with Gasteiger partial charge in [-0.2, -0.15) is 5.26 Å². The standard InChI is InChI=1S/C25H25BrN2O3S2/c1-2-3-13-33(30,31)17-21(29)16-32-25-23(15-27)22(18-7-5-4-6-8-18)14-24(28-25)19-9-11-20(26)12-10-19/h4-12,14,21,29H,2-3,13,16-17H2,1H3. The highest BCUT2D eigenvalue weighted by atomic mass is 79.9. The molecule has 1 unspecified atom stereocenters. The van der Waals surface area contributed by atoms with Crippen molar-refractivity contribution in [2.75, 3.05) is 17.3 Å². The Labute approximate surface area is 207 Å². The predicted molar refractivity (Wildman–Crippen MR) is 138 cm³/mol. The molecule has 0 saturated carbocycles. The number of hydrogen-bond donors (Lipinski definition) is 1. The Morgan fingerprint density at radius 1 is 1.12 bits per heavy atom. The van der Waals surface area contributed by atoms with Crippen molar-refractivity contribution in [3.05, 3.63) is 70.7 Å². The van der Waals surface area contributed by atoms with Crippen LogP contribution in [0.2, 0.25) is 0 Å². The number of pyridine rings is 1. The van der Waals surface area contributed by atoms with Gasteiger partial charge in [-0.1, -0.05) is 71.7 Å². The highest BCUT2D eigenvalue weighted by molar-refractivity contribution is 9.10. The first-order chi connectivity index (χ1) is 15.8. The molecule has 1 atom stereocenters. The lowest BCUT2D eigenvalue weighted by Gasteiger charge is -2.14. The Hall–Kier alpha value is -2.18. The molecule has 1 N–H and O–H groups in total. The van der Waals surface area contributed by atoms with E-state index in [0.29, 0.717) is 22.7 Å². The SMILES string of the molecule is CCCCS(=O)(=O)CC(O)CSc1nc(-c2ccc(Br)cc2)cc(-c2ccccc2)c1C#N. The van der Waals surface area contributed by atoms with Gasteiger partial charge in [0.25, 0.3) is 0 Å². The molecule has 1 heterocycles. The second kappa shape index (κ2) is 11.8. The number of unbranched alkanes of at least 4 members (excludes halogenated alkanes) is 1. The van der Waals surface area contributed by atoms with Gasteiger partial charge in [0.15, 0.2) is 9.84 Å². The van der Waals surface area contributed by atoms with Crippen LogP contribution in [0, 0.1) is 11.3 Å². The Morgan fingerprint density at radius 2 is 1.82 bits per heavy atom. The zero-order valence-electron chi connectivity index (χ0n) is 18.2. The highest BCUT2D eigenvalue weighted by Crippen LogP contribution is 2.34. The lowest BCUT2D eigenvalue weighted by Crippen LogP contribution is -2.25. The second-order valence-corrected chi connectivity index (χ2v) is 11.8. The van der Waals surface area contributed by atoms with E-state index in [-0.39, 0.29) is 17.3 Å². The molecule has 0 amide bonds. The average molecular weight is 546 g/mol. The van der Waals surface area contributed by atoms with Crippen LogP contribution >= 0.6 is 27.7 Å². The molecular formula is C25H25BrN2O3S2. The fourth-order valence-corrected chi connectivity index (χ4v) is 6.26. The molecule has 1 aromatic heterocycles. The zero-order chi connectivity index (χ0) is 23.8. The molecule has 0 saturated heterocycles. The van der Waals surface area contributed by atoms with Crippen LogP contribution in [0.25, 0.3) is 22.4 Å². The van der Waals surface area contributed by atoms with Gasteiger partial charge in [0.05, 0.1) is 28.9 Å². The molecule has 0 aliphatic carbocycles. The summed E-state index contributed by atoms with van der Waals surface area (Å²) < 4.78 is 25.3. The summed E-state index contributed by atoms with van der Waals surface area (Å²) >= 11 is 4.65. The molecule has 8 heteroatoms. The fraction of sp³-hybridized carbons (Fsp3) is 0.280. The van der Waals surface area contributed by atoms with Crippen LogP contribution in [0.15, 0.2) is 70.2 Å². The van der Waals surface area contributed by atoms with Gasteiger partial charge >= 0.3 is 0 Å². The number of sulfone groups is 1. The van der Waals surface area contributed by atoms with Gasteiger partial charge in [0, 0.05) is 21.4 Å². The first-order valence-electron chi connectivity index (χ1n) is 10.6. The zero-order valence-corrected chi connectivity index (χ0v) is 21.5. The molecule has 3 aromatic rings. The molecule has 5 nitrogen and oxygen atoms in total. The van der Waals surface area contributed by atoms with Gasteiger partial charge in [-0.25, -0.2) is 13.4 Å². The summed E-state index contributed by atoms with van der Waals surface area (Å²) in [6, 6.07) is 21.5. The number of nitriles is 1. The lowest BCUT2D eigenvalue weighted by molar-refractivity contribution is 0.222. The molecular weight excluding hydrogens is 520 g/mol. The van der Waals surface area contributed by atoms with Crippen LogP contribution < -0.4 is 0 Å². The molecule has 0 fully saturated rings. The first-order valence-corrected chi connectivity index (χ1v) is 14.2. The Morgan fingerprint density at radius 3 is 2.45 bits per heavy atom. The maximum absolute atomic E-state index is 12.2.